The molecule has 0 amide bonds. The van der Waals surface area contributed by atoms with Gasteiger partial charge in [-0.2, -0.15) is 5.26 Å². The van der Waals surface area contributed by atoms with Crippen LogP contribution in [-0.4, -0.2) is 44.3 Å². The lowest BCUT2D eigenvalue weighted by molar-refractivity contribution is 0.00795. The van der Waals surface area contributed by atoms with Crippen molar-refractivity contribution in [3.8, 4) is 6.07 Å². The number of hydrogen-bond donors (Lipinski definition) is 1. The molecule has 0 aromatic heterocycles. The fourth-order valence-corrected chi connectivity index (χ4v) is 3.44. The van der Waals surface area contributed by atoms with Gasteiger partial charge in [-0.3, -0.25) is 0 Å². The van der Waals surface area contributed by atoms with Crippen molar-refractivity contribution in [2.75, 3.05) is 25.9 Å². The van der Waals surface area contributed by atoms with E-state index < -0.39 is 15.4 Å². The van der Waals surface area contributed by atoms with Crippen LogP contribution in [0, 0.1) is 17.2 Å². The molecule has 22 heavy (non-hydrogen) atoms. The standard InChI is InChI=1S/C16H22N2O3S/c1-16(19,12-18-9-7-13(11-17)8-10-18)14-3-5-15(6-4-14)22(2,20)21/h3-6,13,19H,7-10,12H2,1-2H3. The number of nitrogens with zero attached hydrogens (tertiary/aromatic N) is 2. The van der Waals surface area contributed by atoms with E-state index >= 15 is 0 Å². The van der Waals surface area contributed by atoms with Gasteiger partial charge in [0.1, 0.15) is 0 Å². The van der Waals surface area contributed by atoms with Crippen LogP contribution in [0.1, 0.15) is 25.3 Å². The number of rotatable bonds is 4. The van der Waals surface area contributed by atoms with E-state index in [1.807, 2.05) is 0 Å². The van der Waals surface area contributed by atoms with Crippen LogP contribution in [0.5, 0.6) is 0 Å². The van der Waals surface area contributed by atoms with Gasteiger partial charge in [-0.25, -0.2) is 8.42 Å². The summed E-state index contributed by atoms with van der Waals surface area (Å²) in [4.78, 5) is 2.40. The number of aliphatic hydroxyl groups is 1. The highest BCUT2D eigenvalue weighted by Crippen LogP contribution is 2.26. The SMILES string of the molecule is CC(O)(CN1CCC(C#N)CC1)c1ccc(S(C)(=O)=O)cc1. The number of β-amino-alcohol motifs (C(OH)–C–C–N with tert-alkyl or cyclic N) is 1. The van der Waals surface area contributed by atoms with E-state index in [-0.39, 0.29) is 10.8 Å². The van der Waals surface area contributed by atoms with Gasteiger partial charge in [0.15, 0.2) is 9.84 Å². The molecule has 1 aliphatic rings. The molecule has 1 aromatic carbocycles. The number of benzene rings is 1. The Balaban J connectivity index is 2.06. The predicted molar refractivity (Wildman–Crippen MR) is 83.9 cm³/mol. The third-order valence-electron chi connectivity index (χ3n) is 4.21. The third-order valence-corrected chi connectivity index (χ3v) is 5.33. The van der Waals surface area contributed by atoms with Crippen molar-refractivity contribution in [3.05, 3.63) is 29.8 Å². The number of hydrogen-bond acceptors (Lipinski definition) is 5. The van der Waals surface area contributed by atoms with Crippen LogP contribution >= 0.6 is 0 Å². The van der Waals surface area contributed by atoms with Crippen LogP contribution in [0.15, 0.2) is 29.2 Å². The zero-order valence-electron chi connectivity index (χ0n) is 13.0. The van der Waals surface area contributed by atoms with Crippen LogP contribution < -0.4 is 0 Å². The van der Waals surface area contributed by atoms with Crippen molar-refractivity contribution in [3.63, 3.8) is 0 Å². The fourth-order valence-electron chi connectivity index (χ4n) is 2.81. The van der Waals surface area contributed by atoms with Crippen LogP contribution in [0.2, 0.25) is 0 Å². The van der Waals surface area contributed by atoms with E-state index in [4.69, 9.17) is 5.26 Å². The summed E-state index contributed by atoms with van der Waals surface area (Å²) in [6.07, 6.45) is 2.83. The van der Waals surface area contributed by atoms with E-state index in [1.165, 1.54) is 18.4 Å². The van der Waals surface area contributed by atoms with Crippen molar-refractivity contribution in [1.29, 1.82) is 5.26 Å². The van der Waals surface area contributed by atoms with Gasteiger partial charge in [-0.1, -0.05) is 12.1 Å². The Morgan fingerprint density at radius 2 is 1.86 bits per heavy atom. The summed E-state index contributed by atoms with van der Waals surface area (Å²) < 4.78 is 22.9. The van der Waals surface area contributed by atoms with E-state index in [9.17, 15) is 13.5 Å². The van der Waals surface area contributed by atoms with E-state index in [0.29, 0.717) is 12.1 Å². The molecule has 1 fully saturated rings. The number of nitriles is 1. The molecule has 0 aliphatic carbocycles. The first kappa shape index (κ1) is 16.9. The lowest BCUT2D eigenvalue weighted by atomic mass is 9.93. The lowest BCUT2D eigenvalue weighted by Crippen LogP contribution is -2.42. The molecule has 6 heteroatoms. The maximum absolute atomic E-state index is 11.5. The Bertz CT molecular complexity index is 652. The smallest absolute Gasteiger partial charge is 0.175 e. The summed E-state index contributed by atoms with van der Waals surface area (Å²) in [6, 6.07) is 8.68. The van der Waals surface area contributed by atoms with Crippen LogP contribution in [-0.2, 0) is 15.4 Å². The molecule has 2 rings (SSSR count). The summed E-state index contributed by atoms with van der Waals surface area (Å²) in [7, 11) is -3.22. The second-order valence-electron chi connectivity index (χ2n) is 6.25. The van der Waals surface area contributed by atoms with Gasteiger partial charge in [0.25, 0.3) is 0 Å². The van der Waals surface area contributed by atoms with Gasteiger partial charge in [-0.05, 0) is 50.6 Å². The molecule has 5 nitrogen and oxygen atoms in total. The third kappa shape index (κ3) is 4.07. The lowest BCUT2D eigenvalue weighted by Gasteiger charge is -2.35. The molecule has 0 bridgehead atoms. The molecule has 1 heterocycles. The average molecular weight is 322 g/mol. The van der Waals surface area contributed by atoms with E-state index in [1.54, 1.807) is 19.1 Å². The van der Waals surface area contributed by atoms with Crippen LogP contribution in [0.25, 0.3) is 0 Å². The average Bonchev–Trinajstić information content (AvgIpc) is 2.47. The highest BCUT2D eigenvalue weighted by atomic mass is 32.2. The zero-order chi connectivity index (χ0) is 16.4. The van der Waals surface area contributed by atoms with Crippen molar-refractivity contribution in [1.82, 2.24) is 4.90 Å². The quantitative estimate of drug-likeness (QED) is 0.909. The molecule has 1 N–H and O–H groups in total. The first-order valence-electron chi connectivity index (χ1n) is 7.37. The summed E-state index contributed by atoms with van der Waals surface area (Å²) in [5.74, 6) is 0.121. The van der Waals surface area contributed by atoms with Crippen LogP contribution in [0.3, 0.4) is 0 Å². The normalized spacial score (nSPS) is 20.3. The molecule has 0 radical (unpaired) electrons. The number of piperidine rings is 1. The Morgan fingerprint density at radius 1 is 1.32 bits per heavy atom. The summed E-state index contributed by atoms with van der Waals surface area (Å²) >= 11 is 0. The summed E-state index contributed by atoms with van der Waals surface area (Å²) in [5, 5.41) is 19.6. The zero-order valence-corrected chi connectivity index (χ0v) is 13.8. The van der Waals surface area contributed by atoms with Crippen molar-refractivity contribution < 1.29 is 13.5 Å². The van der Waals surface area contributed by atoms with Crippen molar-refractivity contribution in [2.45, 2.75) is 30.3 Å². The molecular formula is C16H22N2O3S. The van der Waals surface area contributed by atoms with Crippen molar-refractivity contribution in [2.24, 2.45) is 5.92 Å². The second kappa shape index (κ2) is 6.37. The second-order valence-corrected chi connectivity index (χ2v) is 8.27. The summed E-state index contributed by atoms with van der Waals surface area (Å²) in [5.41, 5.74) is -0.350. The highest BCUT2D eigenvalue weighted by Gasteiger charge is 2.29. The minimum Gasteiger partial charge on any atom is -0.384 e. The first-order chi connectivity index (χ1) is 10.2. The van der Waals surface area contributed by atoms with Crippen molar-refractivity contribution >= 4 is 9.84 Å². The van der Waals surface area contributed by atoms with Gasteiger partial charge in [-0.15, -0.1) is 0 Å². The van der Waals surface area contributed by atoms with Gasteiger partial charge >= 0.3 is 0 Å². The fraction of sp³-hybridized carbons (Fsp3) is 0.562. The van der Waals surface area contributed by atoms with Gasteiger partial charge in [0, 0.05) is 18.7 Å². The van der Waals surface area contributed by atoms with Gasteiger partial charge in [0.05, 0.1) is 16.6 Å². The maximum atomic E-state index is 11.5. The summed E-state index contributed by atoms with van der Waals surface area (Å²) in [6.45, 7) is 3.81. The Morgan fingerprint density at radius 3 is 2.32 bits per heavy atom. The number of likely N-dealkylation sites (tertiary alicyclic amines) is 1. The molecule has 1 saturated heterocycles. The molecule has 1 aliphatic heterocycles. The van der Waals surface area contributed by atoms with E-state index in [0.717, 1.165) is 25.9 Å². The maximum Gasteiger partial charge on any atom is 0.175 e. The largest absolute Gasteiger partial charge is 0.384 e. The first-order valence-corrected chi connectivity index (χ1v) is 9.26. The Kier molecular flexibility index (Phi) is 4.90. The van der Waals surface area contributed by atoms with Gasteiger partial charge in [0.2, 0.25) is 0 Å². The van der Waals surface area contributed by atoms with E-state index in [2.05, 4.69) is 11.0 Å². The molecular weight excluding hydrogens is 300 g/mol. The Hall–Kier alpha value is -1.42. The monoisotopic (exact) mass is 322 g/mol. The molecule has 1 unspecified atom stereocenters. The minimum atomic E-state index is -3.22. The Labute approximate surface area is 132 Å². The van der Waals surface area contributed by atoms with Crippen LogP contribution in [0.4, 0.5) is 0 Å². The number of sulfone groups is 1. The molecule has 1 atom stereocenters. The topological polar surface area (TPSA) is 81.4 Å². The highest BCUT2D eigenvalue weighted by molar-refractivity contribution is 7.90. The molecule has 0 spiro atoms. The molecule has 1 aromatic rings. The molecule has 0 saturated carbocycles. The predicted octanol–water partition coefficient (Wildman–Crippen LogP) is 1.53. The molecule has 120 valence electrons. The van der Waals surface area contributed by atoms with Gasteiger partial charge < -0.3 is 10.0 Å². The minimum absolute atomic E-state index is 0.121.